The highest BCUT2D eigenvalue weighted by Crippen LogP contribution is 2.12. The number of hydrogen-bond acceptors (Lipinski definition) is 4. The van der Waals surface area contributed by atoms with E-state index < -0.39 is 0 Å². The fraction of sp³-hybridized carbons (Fsp3) is 0.588. The zero-order valence-electron chi connectivity index (χ0n) is 13.1. The second-order valence-corrected chi connectivity index (χ2v) is 5.65. The average Bonchev–Trinajstić information content (AvgIpc) is 2.78. The number of aliphatic hydroxyl groups is 1. The molecule has 1 heterocycles. The quantitative estimate of drug-likeness (QED) is 0.820. The van der Waals surface area contributed by atoms with Crippen LogP contribution in [0.4, 0.5) is 4.79 Å². The summed E-state index contributed by atoms with van der Waals surface area (Å²) in [5, 5.41) is 8.79. The van der Waals surface area contributed by atoms with Gasteiger partial charge in [-0.1, -0.05) is 18.2 Å². The van der Waals surface area contributed by atoms with Gasteiger partial charge in [0.1, 0.15) is 5.75 Å². The van der Waals surface area contributed by atoms with E-state index in [1.165, 1.54) is 0 Å². The van der Waals surface area contributed by atoms with Crippen LogP contribution in [0.2, 0.25) is 0 Å². The van der Waals surface area contributed by atoms with Gasteiger partial charge in [-0.2, -0.15) is 0 Å². The molecule has 122 valence electrons. The third-order valence-corrected chi connectivity index (χ3v) is 3.93. The smallest absolute Gasteiger partial charge is 0.410 e. The molecule has 5 nitrogen and oxygen atoms in total. The molecule has 1 aromatic rings. The lowest BCUT2D eigenvalue weighted by molar-refractivity contribution is 0.153. The molecular formula is C17H26N2O3. The molecule has 0 bridgehead atoms. The highest BCUT2D eigenvalue weighted by Gasteiger charge is 2.20. The molecule has 0 aliphatic carbocycles. The molecule has 5 heteroatoms. The number of carbonyl (C=O) groups is 1. The molecule has 0 spiro atoms. The van der Waals surface area contributed by atoms with Crippen LogP contribution < -0.4 is 4.74 Å². The Bertz CT molecular complexity index is 439. The maximum atomic E-state index is 12.2. The summed E-state index contributed by atoms with van der Waals surface area (Å²) in [4.78, 5) is 16.4. The largest absolute Gasteiger partial charge is 0.415 e. The van der Waals surface area contributed by atoms with Gasteiger partial charge in [-0.25, -0.2) is 4.79 Å². The Balaban J connectivity index is 1.74. The van der Waals surface area contributed by atoms with Crippen LogP contribution in [0.3, 0.4) is 0 Å². The minimum atomic E-state index is -0.256. The van der Waals surface area contributed by atoms with Crippen molar-refractivity contribution in [3.8, 4) is 5.75 Å². The minimum absolute atomic E-state index is 0.256. The highest BCUT2D eigenvalue weighted by molar-refractivity contribution is 5.70. The summed E-state index contributed by atoms with van der Waals surface area (Å²) in [6.07, 6.45) is 3.77. The van der Waals surface area contributed by atoms with Gasteiger partial charge >= 0.3 is 6.09 Å². The maximum Gasteiger partial charge on any atom is 0.415 e. The van der Waals surface area contributed by atoms with Crippen LogP contribution in [0.5, 0.6) is 5.75 Å². The van der Waals surface area contributed by atoms with Crippen LogP contribution >= 0.6 is 0 Å². The molecule has 0 aromatic heterocycles. The standard InChI is InChI=1S/C17H26N2O3/c20-15-6-2-5-10-18-11-7-12-19(14-13-18)17(21)22-16-8-3-1-4-9-16/h1,3-4,8-9,20H,2,5-7,10-15H2. The van der Waals surface area contributed by atoms with Crippen LogP contribution in [0, 0.1) is 0 Å². The predicted molar refractivity (Wildman–Crippen MR) is 86.0 cm³/mol. The van der Waals surface area contributed by atoms with Gasteiger partial charge in [-0.05, 0) is 50.9 Å². The first-order valence-corrected chi connectivity index (χ1v) is 8.14. The lowest BCUT2D eigenvalue weighted by Gasteiger charge is -2.21. The van der Waals surface area contributed by atoms with Crippen molar-refractivity contribution in [2.45, 2.75) is 25.7 Å². The van der Waals surface area contributed by atoms with E-state index in [1.54, 1.807) is 17.0 Å². The lowest BCUT2D eigenvalue weighted by Crippen LogP contribution is -2.37. The lowest BCUT2D eigenvalue weighted by atomic mass is 10.2. The van der Waals surface area contributed by atoms with Gasteiger partial charge in [0.05, 0.1) is 0 Å². The van der Waals surface area contributed by atoms with Crippen molar-refractivity contribution in [1.29, 1.82) is 0 Å². The van der Waals surface area contributed by atoms with E-state index in [4.69, 9.17) is 9.84 Å². The molecular weight excluding hydrogens is 280 g/mol. The Morgan fingerprint density at radius 2 is 1.86 bits per heavy atom. The Hall–Kier alpha value is -1.59. The Morgan fingerprint density at radius 3 is 2.64 bits per heavy atom. The van der Waals surface area contributed by atoms with Crippen molar-refractivity contribution < 1.29 is 14.6 Å². The fourth-order valence-corrected chi connectivity index (χ4v) is 2.65. The Morgan fingerprint density at radius 1 is 1.05 bits per heavy atom. The predicted octanol–water partition coefficient (Wildman–Crippen LogP) is 2.36. The van der Waals surface area contributed by atoms with Gasteiger partial charge in [0.15, 0.2) is 0 Å². The number of nitrogens with zero attached hydrogens (tertiary/aromatic N) is 2. The summed E-state index contributed by atoms with van der Waals surface area (Å²) in [6.45, 7) is 4.70. The second-order valence-electron chi connectivity index (χ2n) is 5.65. The summed E-state index contributed by atoms with van der Waals surface area (Å²) < 4.78 is 5.40. The molecule has 1 saturated heterocycles. The average molecular weight is 306 g/mol. The number of ether oxygens (including phenoxy) is 1. The topological polar surface area (TPSA) is 53.0 Å². The number of amides is 1. The van der Waals surface area contributed by atoms with Gasteiger partial charge in [-0.3, -0.25) is 0 Å². The highest BCUT2D eigenvalue weighted by atomic mass is 16.6. The Labute approximate surface area is 132 Å². The van der Waals surface area contributed by atoms with E-state index in [2.05, 4.69) is 4.90 Å². The number of hydrogen-bond donors (Lipinski definition) is 1. The minimum Gasteiger partial charge on any atom is -0.410 e. The van der Waals surface area contributed by atoms with Crippen molar-refractivity contribution >= 4 is 6.09 Å². The molecule has 0 saturated carbocycles. The summed E-state index contributed by atoms with van der Waals surface area (Å²) >= 11 is 0. The molecule has 1 aromatic carbocycles. The summed E-state index contributed by atoms with van der Waals surface area (Å²) in [5.41, 5.74) is 0. The molecule has 2 rings (SSSR count). The van der Waals surface area contributed by atoms with E-state index in [1.807, 2.05) is 18.2 Å². The molecule has 1 N–H and O–H groups in total. The van der Waals surface area contributed by atoms with Crippen molar-refractivity contribution in [2.75, 3.05) is 39.3 Å². The van der Waals surface area contributed by atoms with Gasteiger partial charge in [-0.15, -0.1) is 0 Å². The second kappa shape index (κ2) is 9.43. The van der Waals surface area contributed by atoms with Crippen LogP contribution in [0.25, 0.3) is 0 Å². The van der Waals surface area contributed by atoms with E-state index >= 15 is 0 Å². The molecule has 1 aliphatic rings. The normalized spacial score (nSPS) is 16.3. The molecule has 0 atom stereocenters. The van der Waals surface area contributed by atoms with Gasteiger partial charge in [0, 0.05) is 26.2 Å². The molecule has 1 fully saturated rings. The zero-order chi connectivity index (χ0) is 15.6. The SMILES string of the molecule is O=C(Oc1ccccc1)N1CCCN(CCCCCO)CC1. The fourth-order valence-electron chi connectivity index (χ4n) is 2.65. The number of rotatable bonds is 6. The molecule has 0 unspecified atom stereocenters. The first-order valence-electron chi connectivity index (χ1n) is 8.14. The number of unbranched alkanes of at least 4 members (excludes halogenated alkanes) is 2. The van der Waals surface area contributed by atoms with Gasteiger partial charge < -0.3 is 19.6 Å². The monoisotopic (exact) mass is 306 g/mol. The summed E-state index contributed by atoms with van der Waals surface area (Å²) in [7, 11) is 0. The number of para-hydroxylation sites is 1. The molecule has 0 radical (unpaired) electrons. The third-order valence-electron chi connectivity index (χ3n) is 3.93. The number of carbonyl (C=O) groups excluding carboxylic acids is 1. The van der Waals surface area contributed by atoms with E-state index in [0.717, 1.165) is 51.9 Å². The molecule has 1 amide bonds. The first kappa shape index (κ1) is 16.8. The zero-order valence-corrected chi connectivity index (χ0v) is 13.1. The van der Waals surface area contributed by atoms with E-state index in [0.29, 0.717) is 12.3 Å². The number of benzene rings is 1. The van der Waals surface area contributed by atoms with E-state index in [9.17, 15) is 4.79 Å². The Kier molecular flexibility index (Phi) is 7.19. The van der Waals surface area contributed by atoms with Crippen LogP contribution in [0.15, 0.2) is 30.3 Å². The van der Waals surface area contributed by atoms with Gasteiger partial charge in [0.25, 0.3) is 0 Å². The van der Waals surface area contributed by atoms with Crippen LogP contribution in [0.1, 0.15) is 25.7 Å². The van der Waals surface area contributed by atoms with Crippen molar-refractivity contribution in [3.63, 3.8) is 0 Å². The first-order chi connectivity index (χ1) is 10.8. The summed E-state index contributed by atoms with van der Waals surface area (Å²) in [5.74, 6) is 0.595. The van der Waals surface area contributed by atoms with E-state index in [-0.39, 0.29) is 12.7 Å². The third kappa shape index (κ3) is 5.66. The maximum absolute atomic E-state index is 12.2. The molecule has 1 aliphatic heterocycles. The van der Waals surface area contributed by atoms with Crippen LogP contribution in [-0.4, -0.2) is 60.3 Å². The molecule has 22 heavy (non-hydrogen) atoms. The van der Waals surface area contributed by atoms with Crippen molar-refractivity contribution in [2.24, 2.45) is 0 Å². The number of aliphatic hydroxyl groups excluding tert-OH is 1. The van der Waals surface area contributed by atoms with Crippen molar-refractivity contribution in [3.05, 3.63) is 30.3 Å². The van der Waals surface area contributed by atoms with Crippen LogP contribution in [-0.2, 0) is 0 Å². The van der Waals surface area contributed by atoms with Crippen molar-refractivity contribution in [1.82, 2.24) is 9.80 Å². The summed E-state index contributed by atoms with van der Waals surface area (Å²) in [6, 6.07) is 9.21. The van der Waals surface area contributed by atoms with Gasteiger partial charge in [0.2, 0.25) is 0 Å².